The molecule has 0 fully saturated rings. The third-order valence-corrected chi connectivity index (χ3v) is 4.55. The molecule has 0 radical (unpaired) electrons. The van der Waals surface area contributed by atoms with Crippen LogP contribution in [-0.2, 0) is 0 Å². The quantitative estimate of drug-likeness (QED) is 0.673. The van der Waals surface area contributed by atoms with Gasteiger partial charge in [-0.1, -0.05) is 26.0 Å². The van der Waals surface area contributed by atoms with E-state index in [1.54, 1.807) is 6.07 Å². The molecule has 0 saturated carbocycles. The maximum Gasteiger partial charge on any atom is 0.274 e. The van der Waals surface area contributed by atoms with E-state index in [1.807, 2.05) is 42.5 Å². The van der Waals surface area contributed by atoms with Gasteiger partial charge in [-0.2, -0.15) is 0 Å². The first-order valence-electron chi connectivity index (χ1n) is 9.48. The second-order valence-electron chi connectivity index (χ2n) is 7.00. The average Bonchev–Trinajstić information content (AvgIpc) is 2.74. The van der Waals surface area contributed by atoms with Gasteiger partial charge in [0.15, 0.2) is 11.5 Å². The van der Waals surface area contributed by atoms with Crippen molar-refractivity contribution < 1.29 is 14.3 Å². The lowest BCUT2D eigenvalue weighted by Crippen LogP contribution is -2.15. The standard InChI is InChI=1S/C22H22N4O3/c1-14(2)15-3-5-16(6-4-15)26-22(27)18-12-21(24-13-23-18)25-17-7-8-19-20(11-17)29-10-9-28-19/h3-8,11-14H,9-10H2,1-2H3,(H,26,27)(H,23,24,25). The molecule has 7 heteroatoms. The third kappa shape index (κ3) is 4.45. The molecule has 0 unspecified atom stereocenters. The summed E-state index contributed by atoms with van der Waals surface area (Å²) in [6.45, 7) is 5.33. The summed E-state index contributed by atoms with van der Waals surface area (Å²) in [6.07, 6.45) is 1.36. The molecule has 4 rings (SSSR count). The molecule has 0 bridgehead atoms. The highest BCUT2D eigenvalue weighted by atomic mass is 16.6. The minimum atomic E-state index is -0.296. The fraction of sp³-hybridized carbons (Fsp3) is 0.227. The van der Waals surface area contributed by atoms with E-state index in [2.05, 4.69) is 34.4 Å². The molecule has 1 aliphatic rings. The van der Waals surface area contributed by atoms with Gasteiger partial charge in [-0.3, -0.25) is 4.79 Å². The van der Waals surface area contributed by atoms with Gasteiger partial charge in [0.25, 0.3) is 5.91 Å². The fourth-order valence-corrected chi connectivity index (χ4v) is 2.97. The smallest absolute Gasteiger partial charge is 0.274 e. The van der Waals surface area contributed by atoms with Crippen LogP contribution in [0.25, 0.3) is 0 Å². The molecule has 0 spiro atoms. The number of rotatable bonds is 5. The molecule has 1 aromatic heterocycles. The Morgan fingerprint density at radius 3 is 2.41 bits per heavy atom. The number of amides is 1. The second kappa shape index (κ2) is 8.18. The zero-order valence-corrected chi connectivity index (χ0v) is 16.3. The topological polar surface area (TPSA) is 85.4 Å². The number of carbonyl (C=O) groups excluding carboxylic acids is 1. The molecule has 3 aromatic rings. The predicted molar refractivity (Wildman–Crippen MR) is 111 cm³/mol. The largest absolute Gasteiger partial charge is 0.486 e. The highest BCUT2D eigenvalue weighted by Crippen LogP contribution is 2.33. The van der Waals surface area contributed by atoms with E-state index >= 15 is 0 Å². The van der Waals surface area contributed by atoms with Gasteiger partial charge in [0.2, 0.25) is 0 Å². The summed E-state index contributed by atoms with van der Waals surface area (Å²) < 4.78 is 11.1. The Labute approximate surface area is 169 Å². The van der Waals surface area contributed by atoms with Crippen LogP contribution in [0, 0.1) is 0 Å². The Hall–Kier alpha value is -3.61. The maximum absolute atomic E-state index is 12.6. The lowest BCUT2D eigenvalue weighted by molar-refractivity contribution is 0.102. The first-order valence-corrected chi connectivity index (χ1v) is 9.48. The monoisotopic (exact) mass is 390 g/mol. The molecule has 0 aliphatic carbocycles. The van der Waals surface area contributed by atoms with Crippen LogP contribution < -0.4 is 20.1 Å². The van der Waals surface area contributed by atoms with Crippen molar-refractivity contribution >= 4 is 23.1 Å². The van der Waals surface area contributed by atoms with Gasteiger partial charge in [0, 0.05) is 23.5 Å². The number of ether oxygens (including phenoxy) is 2. The molecule has 2 aromatic carbocycles. The minimum absolute atomic E-state index is 0.271. The third-order valence-electron chi connectivity index (χ3n) is 4.55. The van der Waals surface area contributed by atoms with E-state index < -0.39 is 0 Å². The minimum Gasteiger partial charge on any atom is -0.486 e. The van der Waals surface area contributed by atoms with Crippen molar-refractivity contribution in [3.8, 4) is 11.5 Å². The van der Waals surface area contributed by atoms with Crippen LogP contribution in [0.2, 0.25) is 0 Å². The summed E-state index contributed by atoms with van der Waals surface area (Å²) in [5, 5.41) is 6.03. The summed E-state index contributed by atoms with van der Waals surface area (Å²) in [6, 6.07) is 15.0. The highest BCUT2D eigenvalue weighted by molar-refractivity contribution is 6.03. The summed E-state index contributed by atoms with van der Waals surface area (Å²) in [4.78, 5) is 20.8. The molecule has 0 saturated heterocycles. The predicted octanol–water partition coefficient (Wildman–Crippen LogP) is 4.37. The zero-order chi connectivity index (χ0) is 20.2. The lowest BCUT2D eigenvalue weighted by atomic mass is 10.0. The Kier molecular flexibility index (Phi) is 5.29. The number of fused-ring (bicyclic) bond motifs is 1. The number of nitrogens with one attached hydrogen (secondary N) is 2. The molecule has 2 heterocycles. The normalized spacial score (nSPS) is 12.5. The van der Waals surface area contributed by atoms with Gasteiger partial charge in [-0.15, -0.1) is 0 Å². The van der Waals surface area contributed by atoms with Crippen molar-refractivity contribution in [3.63, 3.8) is 0 Å². The van der Waals surface area contributed by atoms with Gasteiger partial charge < -0.3 is 20.1 Å². The molecule has 0 atom stereocenters. The molecular formula is C22H22N4O3. The van der Waals surface area contributed by atoms with Gasteiger partial charge in [0.05, 0.1) is 0 Å². The molecule has 7 nitrogen and oxygen atoms in total. The van der Waals surface area contributed by atoms with Gasteiger partial charge in [0.1, 0.15) is 31.1 Å². The Balaban J connectivity index is 1.46. The molecule has 29 heavy (non-hydrogen) atoms. The summed E-state index contributed by atoms with van der Waals surface area (Å²) in [5.74, 6) is 2.05. The molecule has 148 valence electrons. The number of nitrogens with zero attached hydrogens (tertiary/aromatic N) is 2. The Morgan fingerprint density at radius 1 is 0.931 bits per heavy atom. The first kappa shape index (κ1) is 18.7. The van der Waals surface area contributed by atoms with Crippen LogP contribution in [0.1, 0.15) is 35.8 Å². The summed E-state index contributed by atoms with van der Waals surface area (Å²) in [7, 11) is 0. The second-order valence-corrected chi connectivity index (χ2v) is 7.00. The van der Waals surface area contributed by atoms with E-state index in [0.29, 0.717) is 36.4 Å². The van der Waals surface area contributed by atoms with Crippen LogP contribution in [0.15, 0.2) is 54.9 Å². The van der Waals surface area contributed by atoms with E-state index in [4.69, 9.17) is 9.47 Å². The maximum atomic E-state index is 12.6. The van der Waals surface area contributed by atoms with Crippen molar-refractivity contribution in [1.29, 1.82) is 0 Å². The van der Waals surface area contributed by atoms with Crippen molar-refractivity contribution in [3.05, 3.63) is 66.1 Å². The fourth-order valence-electron chi connectivity index (χ4n) is 2.97. The van der Waals surface area contributed by atoms with Crippen molar-refractivity contribution in [2.45, 2.75) is 19.8 Å². The molecule has 1 amide bonds. The van der Waals surface area contributed by atoms with Crippen LogP contribution in [-0.4, -0.2) is 29.1 Å². The van der Waals surface area contributed by atoms with E-state index in [1.165, 1.54) is 11.9 Å². The van der Waals surface area contributed by atoms with Crippen molar-refractivity contribution in [2.75, 3.05) is 23.8 Å². The van der Waals surface area contributed by atoms with Crippen LogP contribution in [0.3, 0.4) is 0 Å². The SMILES string of the molecule is CC(C)c1ccc(NC(=O)c2cc(Nc3ccc4c(c3)OCCO4)ncn2)cc1. The lowest BCUT2D eigenvalue weighted by Gasteiger charge is -2.19. The zero-order valence-electron chi connectivity index (χ0n) is 16.3. The van der Waals surface area contributed by atoms with Crippen molar-refractivity contribution in [1.82, 2.24) is 9.97 Å². The summed E-state index contributed by atoms with van der Waals surface area (Å²) >= 11 is 0. The van der Waals surface area contributed by atoms with Crippen LogP contribution in [0.5, 0.6) is 11.5 Å². The highest BCUT2D eigenvalue weighted by Gasteiger charge is 2.13. The first-order chi connectivity index (χ1) is 14.1. The molecule has 2 N–H and O–H groups in total. The van der Waals surface area contributed by atoms with Crippen LogP contribution in [0.4, 0.5) is 17.2 Å². The van der Waals surface area contributed by atoms with E-state index in [-0.39, 0.29) is 11.6 Å². The summed E-state index contributed by atoms with van der Waals surface area (Å²) in [5.41, 5.74) is 2.99. The number of benzene rings is 2. The number of carbonyl (C=O) groups is 1. The van der Waals surface area contributed by atoms with Gasteiger partial charge in [-0.05, 0) is 35.7 Å². The van der Waals surface area contributed by atoms with Crippen LogP contribution >= 0.6 is 0 Å². The number of hydrogen-bond acceptors (Lipinski definition) is 6. The van der Waals surface area contributed by atoms with Gasteiger partial charge >= 0.3 is 0 Å². The number of aromatic nitrogens is 2. The molecule has 1 aliphatic heterocycles. The van der Waals surface area contributed by atoms with Crippen molar-refractivity contribution in [2.24, 2.45) is 0 Å². The average molecular weight is 390 g/mol. The Morgan fingerprint density at radius 2 is 1.66 bits per heavy atom. The van der Waals surface area contributed by atoms with Gasteiger partial charge in [-0.25, -0.2) is 9.97 Å². The van der Waals surface area contributed by atoms with E-state index in [0.717, 1.165) is 11.4 Å². The number of anilines is 3. The van der Waals surface area contributed by atoms with E-state index in [9.17, 15) is 4.79 Å². The Bertz CT molecular complexity index is 1020. The number of hydrogen-bond donors (Lipinski definition) is 2. The molecular weight excluding hydrogens is 368 g/mol.